The number of hydrogen-bond donors (Lipinski definition) is 2. The molecule has 0 saturated carbocycles. The fraction of sp³-hybridized carbons (Fsp3) is 0. The van der Waals surface area contributed by atoms with Gasteiger partial charge in [-0.15, -0.1) is 0 Å². The Morgan fingerprint density at radius 2 is 0.500 bits per heavy atom. The molecule has 0 amide bonds. The second kappa shape index (κ2) is 7.82. The van der Waals surface area contributed by atoms with E-state index in [0.29, 0.717) is 0 Å². The molecule has 0 rings (SSSR count). The third kappa shape index (κ3) is 4.64. The molecule has 0 radical (unpaired) electrons. The van der Waals surface area contributed by atoms with Crippen molar-refractivity contribution >= 4 is 189 Å². The highest BCUT2D eigenvalue weighted by molar-refractivity contribution is 9.68. The molecule has 0 aliphatic rings. The lowest BCUT2D eigenvalue weighted by atomic mass is 29.8. The number of thiol groups is 2. The van der Waals surface area contributed by atoms with Crippen LogP contribution in [-0.4, -0.2) is 0 Å². The molecule has 0 nitrogen and oxygen atoms in total. The van der Waals surface area contributed by atoms with Crippen molar-refractivity contribution in [2.24, 2.45) is 0 Å². The summed E-state index contributed by atoms with van der Waals surface area (Å²) in [5.41, 5.74) is 0. The SMILES string of the molecule is S=S(=S)(S)S(=S)(=S)S(=S)(=S)S(=S)(=S)S(=S)(=S)S(=S)(=S)S. The Bertz CT molecular complexity index is 923. The van der Waals surface area contributed by atoms with Gasteiger partial charge < -0.3 is 0 Å². The molecule has 122 valence electrons. The monoisotopic (exact) mass is 641 g/mol. The largest absolute Gasteiger partial charge is 0.0917 e. The van der Waals surface area contributed by atoms with E-state index in [0.717, 1.165) is 0 Å². The minimum atomic E-state index is -2.82. The topological polar surface area (TPSA) is 0 Å². The van der Waals surface area contributed by atoms with Gasteiger partial charge in [0.15, 0.2) is 0 Å². The fourth-order valence-corrected chi connectivity index (χ4v) is 101. The maximum absolute atomic E-state index is 5.45. The molecule has 0 aromatic rings. The summed E-state index contributed by atoms with van der Waals surface area (Å²) in [5, 5.41) is -16.1. The average Bonchev–Trinajstić information content (AvgIpc) is 2.12. The molecule has 0 aromatic carbocycles. The van der Waals surface area contributed by atoms with Crippen LogP contribution in [0, 0.1) is 0 Å². The minimum Gasteiger partial charge on any atom is -0.0917 e. The first-order valence-corrected chi connectivity index (χ1v) is 28.8. The Morgan fingerprint density at radius 1 is 0.350 bits per heavy atom. The van der Waals surface area contributed by atoms with E-state index in [4.69, 9.17) is 134 Å². The molecule has 0 bridgehead atoms. The van der Waals surface area contributed by atoms with Crippen molar-refractivity contribution in [2.75, 3.05) is 0 Å². The smallest absolute Gasteiger partial charge is 0.0451 e. The normalized spacial score (nSPS) is 15.9. The summed E-state index contributed by atoms with van der Waals surface area (Å²) < 4.78 is 0. The molecule has 0 N–H and O–H groups in total. The van der Waals surface area contributed by atoms with Crippen LogP contribution >= 0.6 is 23.3 Å². The van der Waals surface area contributed by atoms with Gasteiger partial charge in [0.2, 0.25) is 0 Å². The van der Waals surface area contributed by atoms with Crippen LogP contribution in [0.1, 0.15) is 0 Å². The summed E-state index contributed by atoms with van der Waals surface area (Å²) >= 11 is 72.1. The third-order valence-electron chi connectivity index (χ3n) is 1.27. The van der Waals surface area contributed by atoms with Crippen LogP contribution in [0.25, 0.3) is 0 Å². The van der Waals surface area contributed by atoms with Gasteiger partial charge in [-0.05, 0) is 134 Å². The van der Waals surface area contributed by atoms with Crippen molar-refractivity contribution in [2.45, 2.75) is 0 Å². The molecular weight excluding hydrogens is 641 g/mol. The Hall–Kier alpha value is 5.44. The van der Waals surface area contributed by atoms with Gasteiger partial charge in [0.05, 0.1) is 0 Å². The van der Waals surface area contributed by atoms with Crippen molar-refractivity contribution in [3.63, 3.8) is 0 Å². The molecule has 0 aromatic heterocycles. The first-order valence-electron chi connectivity index (χ1n) is 3.20. The first-order chi connectivity index (χ1) is 8.25. The van der Waals surface area contributed by atoms with Gasteiger partial charge in [0.25, 0.3) is 0 Å². The van der Waals surface area contributed by atoms with Crippen LogP contribution in [-0.2, 0) is 166 Å². The summed E-state index contributed by atoms with van der Waals surface area (Å²) in [6.45, 7) is 0. The molecule has 0 saturated heterocycles. The highest BCUT2D eigenvalue weighted by atomic mass is 34.4. The Kier molecular flexibility index (Phi) is 9.95. The van der Waals surface area contributed by atoms with Crippen LogP contribution < -0.4 is 0 Å². The zero-order valence-corrected chi connectivity index (χ0v) is 24.7. The van der Waals surface area contributed by atoms with Crippen LogP contribution in [0.2, 0.25) is 0 Å². The molecule has 20 heavy (non-hydrogen) atoms. The van der Waals surface area contributed by atoms with Gasteiger partial charge in [0.1, 0.15) is 0 Å². The summed E-state index contributed by atoms with van der Waals surface area (Å²) in [6.07, 6.45) is 0. The van der Waals surface area contributed by atoms with Crippen LogP contribution in [0.15, 0.2) is 0 Å². The van der Waals surface area contributed by atoms with Gasteiger partial charge in [-0.25, -0.2) is 0 Å². The van der Waals surface area contributed by atoms with E-state index in [1.165, 1.54) is 0 Å². The van der Waals surface area contributed by atoms with E-state index >= 15 is 0 Å². The lowest BCUT2D eigenvalue weighted by molar-refractivity contribution is 5.08. The minimum absolute atomic E-state index is 2.52. The Labute approximate surface area is 184 Å². The van der Waals surface area contributed by atoms with Crippen LogP contribution in [0.5, 0.6) is 0 Å². The zero-order chi connectivity index (χ0) is 17.0. The Balaban J connectivity index is 7.12. The van der Waals surface area contributed by atoms with Gasteiger partial charge in [-0.1, -0.05) is 23.3 Å². The second-order valence-corrected chi connectivity index (χ2v) is 67.2. The highest BCUT2D eigenvalue weighted by Crippen LogP contribution is 2.33. The van der Waals surface area contributed by atoms with Gasteiger partial charge >= 0.3 is 0 Å². The quantitative estimate of drug-likeness (QED) is 0.321. The summed E-state index contributed by atoms with van der Waals surface area (Å²) in [4.78, 5) is 0. The lowest BCUT2D eigenvalue weighted by Gasteiger charge is -2.27. The molecule has 20 heteroatoms. The van der Waals surface area contributed by atoms with Crippen molar-refractivity contribution in [1.29, 1.82) is 0 Å². The summed E-state index contributed by atoms with van der Waals surface area (Å²) in [5.74, 6) is 0. The van der Waals surface area contributed by atoms with Gasteiger partial charge in [0, 0.05) is 31.3 Å². The molecule has 0 atom stereocenters. The number of hydrogen-bond acceptors (Lipinski definition) is 12. The van der Waals surface area contributed by atoms with E-state index in [2.05, 4.69) is 23.3 Å². The van der Waals surface area contributed by atoms with E-state index in [9.17, 15) is 0 Å². The molecule has 0 aliphatic heterocycles. The highest BCUT2D eigenvalue weighted by Gasteiger charge is 2.34. The van der Waals surface area contributed by atoms with Crippen molar-refractivity contribution in [3.8, 4) is 0 Å². The summed E-state index contributed by atoms with van der Waals surface area (Å²) in [6, 6.07) is 0. The van der Waals surface area contributed by atoms with Crippen molar-refractivity contribution in [3.05, 3.63) is 0 Å². The van der Waals surface area contributed by atoms with E-state index in [-0.39, 0.29) is 0 Å². The van der Waals surface area contributed by atoms with Crippen LogP contribution in [0.4, 0.5) is 0 Å². The first kappa shape index (κ1) is 25.4. The predicted octanol–water partition coefficient (Wildman–Crippen LogP) is 0.718. The van der Waals surface area contributed by atoms with Crippen molar-refractivity contribution < 1.29 is 0 Å². The molecule has 0 spiro atoms. The second-order valence-electron chi connectivity index (χ2n) is 2.49. The predicted molar refractivity (Wildman–Crippen MR) is 151 cm³/mol. The molecule has 0 fully saturated rings. The summed E-state index contributed by atoms with van der Waals surface area (Å²) in [7, 11) is 0. The van der Waals surface area contributed by atoms with E-state index in [1.54, 1.807) is 0 Å². The zero-order valence-electron chi connectivity index (χ0n) is 8.24. The molecule has 0 heterocycles. The van der Waals surface area contributed by atoms with E-state index in [1.807, 2.05) is 0 Å². The Morgan fingerprint density at radius 3 is 0.600 bits per heavy atom. The third-order valence-corrected chi connectivity index (χ3v) is 103. The average molecular weight is 643 g/mol. The molecule has 0 aliphatic carbocycles. The van der Waals surface area contributed by atoms with Gasteiger partial charge in [-0.3, -0.25) is 0 Å². The maximum Gasteiger partial charge on any atom is 0.0451 e. The van der Waals surface area contributed by atoms with Crippen LogP contribution in [0.3, 0.4) is 0 Å². The van der Waals surface area contributed by atoms with Gasteiger partial charge in [-0.2, -0.15) is 0 Å². The fourth-order valence-electron chi connectivity index (χ4n) is 0.415. The van der Waals surface area contributed by atoms with E-state index < -0.39 is 31.3 Å². The maximum atomic E-state index is 5.45. The van der Waals surface area contributed by atoms with Crippen molar-refractivity contribution in [1.82, 2.24) is 0 Å². The standard InChI is InChI=1S/H2S20/c1-15(2,3)17(7,8)19(11,12)20(13,14)18(9,10)16(4,5)6/h(H,1,2,3)(H,4,5,6). The number of rotatable bonds is 5. The lowest BCUT2D eigenvalue weighted by Crippen LogP contribution is -2.28. The molecular formula is H2S20. The molecule has 0 unspecified atom stereocenters.